The summed E-state index contributed by atoms with van der Waals surface area (Å²) >= 11 is 0. The number of para-hydroxylation sites is 1. The van der Waals surface area contributed by atoms with Crippen LogP contribution in [-0.2, 0) is 0 Å². The van der Waals surface area contributed by atoms with Crippen LogP contribution in [0.15, 0.2) is 42.6 Å². The highest BCUT2D eigenvalue weighted by molar-refractivity contribution is 6.06. The van der Waals surface area contributed by atoms with Crippen molar-refractivity contribution in [3.8, 4) is 11.6 Å². The number of ether oxygens (including phenoxy) is 2. The first-order chi connectivity index (χ1) is 9.74. The second-order valence-electron chi connectivity index (χ2n) is 3.97. The molecular weight excluding hydrogens is 256 g/mol. The van der Waals surface area contributed by atoms with Crippen LogP contribution in [0.1, 0.15) is 17.3 Å². The van der Waals surface area contributed by atoms with Crippen LogP contribution in [0.5, 0.6) is 11.6 Å². The predicted molar refractivity (Wildman–Crippen MR) is 76.4 cm³/mol. The molecule has 0 aliphatic rings. The Morgan fingerprint density at radius 2 is 2.05 bits per heavy atom. The van der Waals surface area contributed by atoms with Crippen molar-refractivity contribution in [2.24, 2.45) is 0 Å². The molecule has 2 rings (SSSR count). The van der Waals surface area contributed by atoms with E-state index in [0.717, 1.165) is 0 Å². The SMILES string of the molecule is CCOc1ccccc1C(=O)Nc1ccc(OC)nc1. The Morgan fingerprint density at radius 3 is 2.70 bits per heavy atom. The molecule has 5 nitrogen and oxygen atoms in total. The van der Waals surface area contributed by atoms with Gasteiger partial charge in [0.1, 0.15) is 5.75 Å². The van der Waals surface area contributed by atoms with E-state index in [0.29, 0.717) is 29.5 Å². The van der Waals surface area contributed by atoms with Crippen LogP contribution in [-0.4, -0.2) is 24.6 Å². The summed E-state index contributed by atoms with van der Waals surface area (Å²) in [6.07, 6.45) is 1.54. The summed E-state index contributed by atoms with van der Waals surface area (Å²) in [5, 5.41) is 2.77. The molecule has 20 heavy (non-hydrogen) atoms. The molecule has 0 saturated carbocycles. The number of amides is 1. The third-order valence-electron chi connectivity index (χ3n) is 2.63. The van der Waals surface area contributed by atoms with Crippen molar-refractivity contribution in [3.63, 3.8) is 0 Å². The highest BCUT2D eigenvalue weighted by atomic mass is 16.5. The van der Waals surface area contributed by atoms with E-state index in [1.807, 2.05) is 13.0 Å². The molecule has 0 aliphatic heterocycles. The zero-order chi connectivity index (χ0) is 14.4. The van der Waals surface area contributed by atoms with Crippen LogP contribution in [0.3, 0.4) is 0 Å². The summed E-state index contributed by atoms with van der Waals surface area (Å²) in [7, 11) is 1.54. The molecule has 1 N–H and O–H groups in total. The number of benzene rings is 1. The van der Waals surface area contributed by atoms with Crippen LogP contribution in [0.4, 0.5) is 5.69 Å². The van der Waals surface area contributed by atoms with Gasteiger partial charge in [-0.3, -0.25) is 4.79 Å². The molecule has 0 spiro atoms. The fraction of sp³-hybridized carbons (Fsp3) is 0.200. The van der Waals surface area contributed by atoms with E-state index in [9.17, 15) is 4.79 Å². The van der Waals surface area contributed by atoms with Crippen molar-refractivity contribution in [1.29, 1.82) is 0 Å². The normalized spacial score (nSPS) is 9.90. The van der Waals surface area contributed by atoms with Gasteiger partial charge in [0, 0.05) is 6.07 Å². The molecule has 0 aliphatic carbocycles. The maximum absolute atomic E-state index is 12.2. The van der Waals surface area contributed by atoms with Crippen LogP contribution in [0.2, 0.25) is 0 Å². The molecule has 1 amide bonds. The molecule has 1 aromatic carbocycles. The Balaban J connectivity index is 2.15. The van der Waals surface area contributed by atoms with Gasteiger partial charge in [-0.25, -0.2) is 4.98 Å². The highest BCUT2D eigenvalue weighted by Crippen LogP contribution is 2.20. The van der Waals surface area contributed by atoms with Gasteiger partial charge in [0.05, 0.1) is 31.2 Å². The Bertz CT molecular complexity index is 582. The number of hydrogen-bond donors (Lipinski definition) is 1. The van der Waals surface area contributed by atoms with Gasteiger partial charge >= 0.3 is 0 Å². The molecule has 0 saturated heterocycles. The van der Waals surface area contributed by atoms with Crippen LogP contribution in [0.25, 0.3) is 0 Å². The monoisotopic (exact) mass is 272 g/mol. The standard InChI is InChI=1S/C15H16N2O3/c1-3-20-13-7-5-4-6-12(13)15(18)17-11-8-9-14(19-2)16-10-11/h4-10H,3H2,1-2H3,(H,17,18). The van der Waals surface area contributed by atoms with Crippen molar-refractivity contribution in [2.45, 2.75) is 6.92 Å². The quantitative estimate of drug-likeness (QED) is 0.909. The number of nitrogens with zero attached hydrogens (tertiary/aromatic N) is 1. The minimum atomic E-state index is -0.235. The number of methoxy groups -OCH3 is 1. The fourth-order valence-corrected chi connectivity index (χ4v) is 1.71. The van der Waals surface area contributed by atoms with Gasteiger partial charge < -0.3 is 14.8 Å². The Kier molecular flexibility index (Phi) is 4.55. The van der Waals surface area contributed by atoms with E-state index in [1.165, 1.54) is 0 Å². The first-order valence-electron chi connectivity index (χ1n) is 6.27. The van der Waals surface area contributed by atoms with E-state index in [-0.39, 0.29) is 5.91 Å². The molecule has 0 bridgehead atoms. The van der Waals surface area contributed by atoms with Gasteiger partial charge in [-0.1, -0.05) is 12.1 Å². The number of hydrogen-bond acceptors (Lipinski definition) is 4. The number of carbonyl (C=O) groups excluding carboxylic acids is 1. The molecular formula is C15H16N2O3. The lowest BCUT2D eigenvalue weighted by molar-refractivity contribution is 0.102. The number of pyridine rings is 1. The maximum atomic E-state index is 12.2. The Morgan fingerprint density at radius 1 is 1.25 bits per heavy atom. The van der Waals surface area contributed by atoms with Crippen LogP contribution in [0, 0.1) is 0 Å². The van der Waals surface area contributed by atoms with Crippen LogP contribution >= 0.6 is 0 Å². The van der Waals surface area contributed by atoms with Crippen molar-refractivity contribution >= 4 is 11.6 Å². The highest BCUT2D eigenvalue weighted by Gasteiger charge is 2.12. The van der Waals surface area contributed by atoms with Crippen molar-refractivity contribution in [1.82, 2.24) is 4.98 Å². The largest absolute Gasteiger partial charge is 0.493 e. The molecule has 1 aromatic heterocycles. The summed E-state index contributed by atoms with van der Waals surface area (Å²) in [5.74, 6) is 0.827. The van der Waals surface area contributed by atoms with Gasteiger partial charge in [0.25, 0.3) is 5.91 Å². The van der Waals surface area contributed by atoms with Gasteiger partial charge in [-0.15, -0.1) is 0 Å². The average Bonchev–Trinajstić information content (AvgIpc) is 2.49. The van der Waals surface area contributed by atoms with E-state index in [4.69, 9.17) is 9.47 Å². The molecule has 0 atom stereocenters. The van der Waals surface area contributed by atoms with E-state index >= 15 is 0 Å². The number of rotatable bonds is 5. The topological polar surface area (TPSA) is 60.5 Å². The minimum absolute atomic E-state index is 0.235. The summed E-state index contributed by atoms with van der Waals surface area (Å²) < 4.78 is 10.4. The summed E-state index contributed by atoms with van der Waals surface area (Å²) in [5.41, 5.74) is 1.09. The first kappa shape index (κ1) is 13.9. The summed E-state index contributed by atoms with van der Waals surface area (Å²) in [6, 6.07) is 10.5. The molecule has 2 aromatic rings. The second kappa shape index (κ2) is 6.56. The lowest BCUT2D eigenvalue weighted by Gasteiger charge is -2.10. The van der Waals surface area contributed by atoms with Crippen LogP contribution < -0.4 is 14.8 Å². The van der Waals surface area contributed by atoms with E-state index < -0.39 is 0 Å². The fourth-order valence-electron chi connectivity index (χ4n) is 1.71. The molecule has 104 valence electrons. The summed E-state index contributed by atoms with van der Waals surface area (Å²) in [6.45, 7) is 2.39. The van der Waals surface area contributed by atoms with Crippen molar-refractivity contribution in [2.75, 3.05) is 19.0 Å². The smallest absolute Gasteiger partial charge is 0.259 e. The number of nitrogens with one attached hydrogen (secondary N) is 1. The minimum Gasteiger partial charge on any atom is -0.493 e. The molecule has 0 radical (unpaired) electrons. The summed E-state index contributed by atoms with van der Waals surface area (Å²) in [4.78, 5) is 16.2. The van der Waals surface area contributed by atoms with Gasteiger partial charge in [0.15, 0.2) is 0 Å². The van der Waals surface area contributed by atoms with Crippen molar-refractivity contribution in [3.05, 3.63) is 48.2 Å². The lowest BCUT2D eigenvalue weighted by Crippen LogP contribution is -2.13. The predicted octanol–water partition coefficient (Wildman–Crippen LogP) is 2.74. The Hall–Kier alpha value is -2.56. The second-order valence-corrected chi connectivity index (χ2v) is 3.97. The Labute approximate surface area is 117 Å². The maximum Gasteiger partial charge on any atom is 0.259 e. The average molecular weight is 272 g/mol. The van der Waals surface area contributed by atoms with Crippen molar-refractivity contribution < 1.29 is 14.3 Å². The molecule has 0 fully saturated rings. The van der Waals surface area contributed by atoms with Gasteiger partial charge in [0.2, 0.25) is 5.88 Å². The zero-order valence-corrected chi connectivity index (χ0v) is 11.4. The number of carbonyl (C=O) groups is 1. The third-order valence-corrected chi connectivity index (χ3v) is 2.63. The number of anilines is 1. The molecule has 0 unspecified atom stereocenters. The molecule has 1 heterocycles. The number of aromatic nitrogens is 1. The van der Waals surface area contributed by atoms with Gasteiger partial charge in [-0.2, -0.15) is 0 Å². The van der Waals surface area contributed by atoms with E-state index in [1.54, 1.807) is 43.6 Å². The lowest BCUT2D eigenvalue weighted by atomic mass is 10.2. The van der Waals surface area contributed by atoms with Gasteiger partial charge in [-0.05, 0) is 25.1 Å². The first-order valence-corrected chi connectivity index (χ1v) is 6.27. The zero-order valence-electron chi connectivity index (χ0n) is 11.4. The van der Waals surface area contributed by atoms with E-state index in [2.05, 4.69) is 10.3 Å². The molecule has 5 heteroatoms. The third kappa shape index (κ3) is 3.26.